The van der Waals surface area contributed by atoms with Gasteiger partial charge in [-0.05, 0) is 49.7 Å². The molecule has 6 rings (SSSR count). The summed E-state index contributed by atoms with van der Waals surface area (Å²) in [6, 6.07) is 5.50. The fraction of sp³-hybridized carbons (Fsp3) is 0.500. The summed E-state index contributed by atoms with van der Waals surface area (Å²) in [7, 11) is 0. The number of thiazole rings is 1. The molecular weight excluding hydrogens is 531 g/mol. The van der Waals surface area contributed by atoms with E-state index in [0.29, 0.717) is 10.0 Å². The number of fused-ring (bicyclic) bond motifs is 9. The minimum absolute atomic E-state index is 0.0143. The van der Waals surface area contributed by atoms with Gasteiger partial charge in [-0.1, -0.05) is 46.7 Å². The first kappa shape index (κ1) is 23.6. The lowest BCUT2D eigenvalue weighted by atomic mass is 9.68. The van der Waals surface area contributed by atoms with Gasteiger partial charge in [0.15, 0.2) is 0 Å². The molecule has 2 aliphatic heterocycles. The van der Waals surface area contributed by atoms with Gasteiger partial charge in [0.25, 0.3) is 0 Å². The first-order valence-corrected chi connectivity index (χ1v) is 14.0. The number of nitrogens with zero attached hydrogens (tertiary/aromatic N) is 1. The van der Waals surface area contributed by atoms with Crippen LogP contribution in [0, 0.1) is 29.6 Å². The Labute approximate surface area is 219 Å². The van der Waals surface area contributed by atoms with E-state index in [1.165, 1.54) is 11.3 Å². The lowest BCUT2D eigenvalue weighted by molar-refractivity contribution is -0.155. The number of carbonyl (C=O) groups is 3. The molecule has 4 aliphatic rings. The second-order valence-electron chi connectivity index (χ2n) is 9.90. The maximum absolute atomic E-state index is 13.5. The van der Waals surface area contributed by atoms with E-state index in [4.69, 9.17) is 27.9 Å². The minimum Gasteiger partial charge on any atom is -0.462 e. The topological polar surface area (TPSA) is 96.5 Å². The quantitative estimate of drug-likeness (QED) is 0.451. The van der Waals surface area contributed by atoms with E-state index in [1.54, 1.807) is 31.7 Å². The number of esters is 1. The zero-order valence-corrected chi connectivity index (χ0v) is 22.0. The third-order valence-electron chi connectivity index (χ3n) is 7.79. The van der Waals surface area contributed by atoms with Crippen LogP contribution >= 0.6 is 46.3 Å². The Kier molecular flexibility index (Phi) is 5.63. The lowest BCUT2D eigenvalue weighted by Crippen LogP contribution is -2.42. The Morgan fingerprint density at radius 2 is 1.89 bits per heavy atom. The van der Waals surface area contributed by atoms with Crippen LogP contribution in [0.15, 0.2) is 28.0 Å². The molecule has 0 spiro atoms. The van der Waals surface area contributed by atoms with Crippen LogP contribution in [0.25, 0.3) is 0 Å². The van der Waals surface area contributed by atoms with Crippen molar-refractivity contribution in [2.24, 2.45) is 29.6 Å². The SMILES string of the molecule is CC(C)OC(=O)CN1C(=O)C2C3CC(C2C1=O)C1C(c2cccc(Cl)c2Cl)c2sc(=O)[nH]c2SC31. The molecule has 2 aliphatic carbocycles. The number of hydrogen-bond donors (Lipinski definition) is 1. The molecule has 35 heavy (non-hydrogen) atoms. The number of rotatable bonds is 4. The van der Waals surface area contributed by atoms with Crippen LogP contribution in [0.5, 0.6) is 0 Å². The average molecular weight is 553 g/mol. The van der Waals surface area contributed by atoms with Crippen molar-refractivity contribution in [3.63, 3.8) is 0 Å². The van der Waals surface area contributed by atoms with E-state index in [-0.39, 0.29) is 58.3 Å². The summed E-state index contributed by atoms with van der Waals surface area (Å²) in [6.07, 6.45) is 0.433. The van der Waals surface area contributed by atoms with Crippen LogP contribution in [0.2, 0.25) is 10.0 Å². The van der Waals surface area contributed by atoms with Crippen molar-refractivity contribution in [2.45, 2.75) is 42.6 Å². The van der Waals surface area contributed by atoms with Gasteiger partial charge in [-0.15, -0.1) is 11.8 Å². The fourth-order valence-corrected chi connectivity index (χ4v) is 10.1. The molecule has 2 bridgehead atoms. The number of amides is 2. The summed E-state index contributed by atoms with van der Waals surface area (Å²) in [4.78, 5) is 56.3. The van der Waals surface area contributed by atoms with Gasteiger partial charge in [0.2, 0.25) is 11.8 Å². The van der Waals surface area contributed by atoms with Gasteiger partial charge in [-0.3, -0.25) is 24.1 Å². The highest BCUT2D eigenvalue weighted by Gasteiger charge is 2.69. The molecule has 7 nitrogen and oxygen atoms in total. The van der Waals surface area contributed by atoms with Crippen LogP contribution in [0.3, 0.4) is 0 Å². The fourth-order valence-electron chi connectivity index (χ4n) is 6.77. The number of H-pyrrole nitrogens is 1. The second-order valence-corrected chi connectivity index (χ2v) is 12.9. The van der Waals surface area contributed by atoms with Crippen LogP contribution < -0.4 is 4.87 Å². The molecule has 2 saturated carbocycles. The van der Waals surface area contributed by atoms with Gasteiger partial charge in [0.1, 0.15) is 6.54 Å². The molecule has 1 aromatic heterocycles. The maximum Gasteiger partial charge on any atom is 0.326 e. The molecule has 184 valence electrons. The number of benzene rings is 1. The second kappa shape index (κ2) is 8.36. The van der Waals surface area contributed by atoms with Crippen LogP contribution in [-0.4, -0.2) is 45.6 Å². The summed E-state index contributed by atoms with van der Waals surface area (Å²) in [6.45, 7) is 3.11. The van der Waals surface area contributed by atoms with Gasteiger partial charge < -0.3 is 9.72 Å². The summed E-state index contributed by atoms with van der Waals surface area (Å²) in [5, 5.41) is 1.73. The van der Waals surface area contributed by atoms with E-state index >= 15 is 0 Å². The summed E-state index contributed by atoms with van der Waals surface area (Å²) >= 11 is 15.8. The standard InChI is InChI=1S/C24H22Cl2N2O5S2/c1-8(2)33-13(29)7-28-22(30)16-10-6-11(17(16)23(28)31)19-15(10)14(9-4-3-5-12(25)18(9)26)20-21(34-19)27-24(32)35-20/h3-5,8,10-11,14-17,19H,6-7H2,1-2H3,(H,27,32). The van der Waals surface area contributed by atoms with E-state index in [0.717, 1.165) is 26.8 Å². The Morgan fingerprint density at radius 1 is 1.17 bits per heavy atom. The van der Waals surface area contributed by atoms with E-state index in [9.17, 15) is 19.2 Å². The number of thioether (sulfide) groups is 1. The monoisotopic (exact) mass is 552 g/mol. The van der Waals surface area contributed by atoms with Crippen molar-refractivity contribution < 1.29 is 19.1 Å². The average Bonchev–Trinajstić information content (AvgIpc) is 3.51. The molecule has 2 amide bonds. The van der Waals surface area contributed by atoms with Crippen molar-refractivity contribution in [2.75, 3.05) is 6.54 Å². The summed E-state index contributed by atoms with van der Waals surface area (Å²) in [5.41, 5.74) is 0.837. The smallest absolute Gasteiger partial charge is 0.326 e. The molecule has 1 N–H and O–H groups in total. The minimum atomic E-state index is -0.579. The lowest BCUT2D eigenvalue weighted by Gasteiger charge is -2.43. The number of ether oxygens (including phenoxy) is 1. The zero-order chi connectivity index (χ0) is 24.8. The Bertz CT molecular complexity index is 1320. The first-order valence-electron chi connectivity index (χ1n) is 11.6. The van der Waals surface area contributed by atoms with Crippen LogP contribution in [0.4, 0.5) is 0 Å². The Morgan fingerprint density at radius 3 is 2.60 bits per heavy atom. The Hall–Kier alpha value is -1.81. The van der Waals surface area contributed by atoms with Crippen molar-refractivity contribution in [1.29, 1.82) is 0 Å². The highest BCUT2D eigenvalue weighted by molar-refractivity contribution is 8.00. The molecule has 2 aromatic rings. The molecule has 1 saturated heterocycles. The van der Waals surface area contributed by atoms with Crippen molar-refractivity contribution in [1.82, 2.24) is 9.88 Å². The molecule has 3 fully saturated rings. The van der Waals surface area contributed by atoms with E-state index < -0.39 is 17.8 Å². The normalized spacial score (nSPS) is 32.7. The molecule has 7 atom stereocenters. The van der Waals surface area contributed by atoms with Gasteiger partial charge in [-0.25, -0.2) is 0 Å². The molecule has 1 aromatic carbocycles. The Balaban J connectivity index is 1.40. The third kappa shape index (κ3) is 3.45. The number of likely N-dealkylation sites (tertiary alicyclic amines) is 1. The predicted molar refractivity (Wildman–Crippen MR) is 133 cm³/mol. The van der Waals surface area contributed by atoms with Gasteiger partial charge in [-0.2, -0.15) is 0 Å². The van der Waals surface area contributed by atoms with E-state index in [1.807, 2.05) is 12.1 Å². The van der Waals surface area contributed by atoms with Crippen LogP contribution in [-0.2, 0) is 19.1 Å². The summed E-state index contributed by atoms with van der Waals surface area (Å²) in [5.74, 6) is -2.35. The zero-order valence-electron chi connectivity index (χ0n) is 18.8. The number of halogens is 2. The molecule has 7 unspecified atom stereocenters. The number of nitrogens with one attached hydrogen (secondary N) is 1. The highest BCUT2D eigenvalue weighted by atomic mass is 35.5. The highest BCUT2D eigenvalue weighted by Crippen LogP contribution is 2.68. The summed E-state index contributed by atoms with van der Waals surface area (Å²) < 4.78 is 5.19. The number of aromatic amines is 1. The van der Waals surface area contributed by atoms with Crippen molar-refractivity contribution in [3.8, 4) is 0 Å². The maximum atomic E-state index is 13.5. The van der Waals surface area contributed by atoms with Gasteiger partial charge in [0, 0.05) is 16.0 Å². The third-order valence-corrected chi connectivity index (χ3v) is 11.2. The van der Waals surface area contributed by atoms with Crippen molar-refractivity contribution in [3.05, 3.63) is 48.4 Å². The number of imide groups is 1. The largest absolute Gasteiger partial charge is 0.462 e. The number of carbonyl (C=O) groups excluding carboxylic acids is 3. The van der Waals surface area contributed by atoms with Gasteiger partial charge in [0.05, 0.1) is 33.0 Å². The molecule has 0 radical (unpaired) electrons. The molecular formula is C24H22Cl2N2O5S2. The van der Waals surface area contributed by atoms with Crippen LogP contribution in [0.1, 0.15) is 36.6 Å². The first-order chi connectivity index (χ1) is 16.7. The predicted octanol–water partition coefficient (Wildman–Crippen LogP) is 4.17. The number of hydrogen-bond acceptors (Lipinski definition) is 7. The number of aromatic nitrogens is 1. The molecule has 3 heterocycles. The van der Waals surface area contributed by atoms with Gasteiger partial charge >= 0.3 is 10.8 Å². The van der Waals surface area contributed by atoms with E-state index in [2.05, 4.69) is 4.98 Å². The molecule has 11 heteroatoms. The van der Waals surface area contributed by atoms with Crippen molar-refractivity contribution >= 4 is 64.1 Å².